The molecule has 5 nitrogen and oxygen atoms in total. The number of aryl methyl sites for hydroxylation is 1. The van der Waals surface area contributed by atoms with Crippen molar-refractivity contribution in [3.63, 3.8) is 0 Å². The highest BCUT2D eigenvalue weighted by atomic mass is 16.1. The summed E-state index contributed by atoms with van der Waals surface area (Å²) < 4.78 is 1.74. The second-order valence-electron chi connectivity index (χ2n) is 7.53. The van der Waals surface area contributed by atoms with E-state index in [1.165, 1.54) is 5.56 Å². The first-order valence-corrected chi connectivity index (χ1v) is 9.24. The lowest BCUT2D eigenvalue weighted by atomic mass is 9.86. The van der Waals surface area contributed by atoms with Crippen molar-refractivity contribution < 1.29 is 4.79 Å². The van der Waals surface area contributed by atoms with E-state index in [9.17, 15) is 10.1 Å². The number of nitrogens with zero attached hydrogens (tertiary/aromatic N) is 3. The number of nitrogens with one attached hydrogen (secondary N) is 1. The Hall–Kier alpha value is -3.39. The topological polar surface area (TPSA) is 70.7 Å². The number of rotatable bonds is 6. The van der Waals surface area contributed by atoms with Crippen LogP contribution in [0, 0.1) is 18.3 Å². The van der Waals surface area contributed by atoms with Crippen LogP contribution in [0.25, 0.3) is 0 Å². The third kappa shape index (κ3) is 4.66. The van der Waals surface area contributed by atoms with Crippen molar-refractivity contribution in [3.05, 3.63) is 88.7 Å². The summed E-state index contributed by atoms with van der Waals surface area (Å²) in [5.41, 5.74) is 4.33. The number of hydrogen-bond donors (Lipinski definition) is 1. The maximum atomic E-state index is 12.3. The van der Waals surface area contributed by atoms with Crippen molar-refractivity contribution >= 4 is 5.91 Å². The van der Waals surface area contributed by atoms with Crippen LogP contribution in [0.4, 0.5) is 0 Å². The molecule has 0 saturated carbocycles. The third-order valence-electron chi connectivity index (χ3n) is 4.77. The van der Waals surface area contributed by atoms with Gasteiger partial charge in [0.1, 0.15) is 0 Å². The fourth-order valence-corrected chi connectivity index (χ4v) is 2.84. The predicted molar refractivity (Wildman–Crippen MR) is 109 cm³/mol. The zero-order valence-electron chi connectivity index (χ0n) is 16.4. The molecule has 1 amide bonds. The molecule has 2 aromatic carbocycles. The Morgan fingerprint density at radius 1 is 1.11 bits per heavy atom. The number of nitriles is 1. The zero-order valence-corrected chi connectivity index (χ0v) is 16.4. The lowest BCUT2D eigenvalue weighted by molar-refractivity contribution is 0.0951. The Labute approximate surface area is 165 Å². The van der Waals surface area contributed by atoms with Gasteiger partial charge < -0.3 is 5.32 Å². The Bertz CT molecular complexity index is 992. The van der Waals surface area contributed by atoms with Gasteiger partial charge >= 0.3 is 0 Å². The van der Waals surface area contributed by atoms with Crippen LogP contribution in [0.1, 0.15) is 46.5 Å². The van der Waals surface area contributed by atoms with Gasteiger partial charge in [0.15, 0.2) is 0 Å². The largest absolute Gasteiger partial charge is 0.348 e. The second kappa shape index (κ2) is 8.10. The van der Waals surface area contributed by atoms with E-state index in [1.807, 2.05) is 69.3 Å². The second-order valence-corrected chi connectivity index (χ2v) is 7.53. The monoisotopic (exact) mass is 372 g/mol. The summed E-state index contributed by atoms with van der Waals surface area (Å²) in [5.74, 6) is -0.141. The number of aromatic nitrogens is 2. The van der Waals surface area contributed by atoms with Crippen LogP contribution in [0.3, 0.4) is 0 Å². The fourth-order valence-electron chi connectivity index (χ4n) is 2.84. The van der Waals surface area contributed by atoms with Gasteiger partial charge in [-0.25, -0.2) is 0 Å². The van der Waals surface area contributed by atoms with Crippen molar-refractivity contribution in [1.29, 1.82) is 5.26 Å². The van der Waals surface area contributed by atoms with Gasteiger partial charge in [0.2, 0.25) is 0 Å². The lowest BCUT2D eigenvalue weighted by Gasteiger charge is -2.15. The summed E-state index contributed by atoms with van der Waals surface area (Å²) in [6, 6.07) is 18.3. The van der Waals surface area contributed by atoms with E-state index < -0.39 is 5.41 Å². The first kappa shape index (κ1) is 19.4. The van der Waals surface area contributed by atoms with E-state index in [2.05, 4.69) is 16.5 Å². The number of benzene rings is 2. The number of amides is 1. The van der Waals surface area contributed by atoms with E-state index >= 15 is 0 Å². The summed E-state index contributed by atoms with van der Waals surface area (Å²) in [6.07, 6.45) is 3.33. The smallest absolute Gasteiger partial charge is 0.254 e. The number of hydrogen-bond acceptors (Lipinski definition) is 3. The highest BCUT2D eigenvalue weighted by Gasteiger charge is 2.19. The van der Waals surface area contributed by atoms with Gasteiger partial charge in [0.05, 0.1) is 29.8 Å². The molecule has 3 aromatic rings. The average molecular weight is 372 g/mol. The molecule has 0 unspecified atom stereocenters. The van der Waals surface area contributed by atoms with Crippen LogP contribution >= 0.6 is 0 Å². The SMILES string of the molecule is Cc1ccc(CNC(=O)c2cnn(Cc3ccc(C(C)(C)C#N)cc3)c2)cc1. The van der Waals surface area contributed by atoms with E-state index in [0.717, 1.165) is 16.7 Å². The molecule has 0 aliphatic heterocycles. The molecule has 0 fully saturated rings. The fraction of sp³-hybridized carbons (Fsp3) is 0.261. The van der Waals surface area contributed by atoms with Crippen LogP contribution in [0.5, 0.6) is 0 Å². The van der Waals surface area contributed by atoms with Crippen LogP contribution in [-0.4, -0.2) is 15.7 Å². The first-order chi connectivity index (χ1) is 13.4. The van der Waals surface area contributed by atoms with Crippen LogP contribution in [0.2, 0.25) is 0 Å². The molecule has 1 aromatic heterocycles. The molecule has 0 saturated heterocycles. The van der Waals surface area contributed by atoms with E-state index in [-0.39, 0.29) is 5.91 Å². The average Bonchev–Trinajstić information content (AvgIpc) is 3.16. The van der Waals surface area contributed by atoms with Gasteiger partial charge in [-0.2, -0.15) is 10.4 Å². The molecule has 0 spiro atoms. The van der Waals surface area contributed by atoms with Gasteiger partial charge in [-0.1, -0.05) is 54.1 Å². The Balaban J connectivity index is 1.60. The van der Waals surface area contributed by atoms with Gasteiger partial charge in [0.25, 0.3) is 5.91 Å². The highest BCUT2D eigenvalue weighted by molar-refractivity contribution is 5.93. The molecule has 0 atom stereocenters. The first-order valence-electron chi connectivity index (χ1n) is 9.24. The minimum Gasteiger partial charge on any atom is -0.348 e. The standard InChI is InChI=1S/C23H24N4O/c1-17-4-6-18(7-5-17)12-25-22(28)20-13-26-27(15-20)14-19-8-10-21(11-9-19)23(2,3)16-24/h4-11,13,15H,12,14H2,1-3H3,(H,25,28). The molecule has 1 N–H and O–H groups in total. The van der Waals surface area contributed by atoms with E-state index in [1.54, 1.807) is 17.1 Å². The lowest BCUT2D eigenvalue weighted by Crippen LogP contribution is -2.22. The van der Waals surface area contributed by atoms with Crippen molar-refractivity contribution in [1.82, 2.24) is 15.1 Å². The normalized spacial score (nSPS) is 11.1. The van der Waals surface area contributed by atoms with Crippen molar-refractivity contribution in [3.8, 4) is 6.07 Å². The molecule has 3 rings (SSSR count). The summed E-state index contributed by atoms with van der Waals surface area (Å²) in [4.78, 5) is 12.3. The summed E-state index contributed by atoms with van der Waals surface area (Å²) in [6.45, 7) is 6.89. The maximum Gasteiger partial charge on any atom is 0.254 e. The molecule has 1 heterocycles. The number of carbonyl (C=O) groups is 1. The van der Waals surface area contributed by atoms with E-state index in [4.69, 9.17) is 0 Å². The maximum absolute atomic E-state index is 12.3. The van der Waals surface area contributed by atoms with Crippen LogP contribution < -0.4 is 5.32 Å². The van der Waals surface area contributed by atoms with Crippen molar-refractivity contribution in [2.45, 2.75) is 39.3 Å². The summed E-state index contributed by atoms with van der Waals surface area (Å²) in [7, 11) is 0. The number of carbonyl (C=O) groups excluding carboxylic acids is 1. The molecule has 5 heteroatoms. The molecule has 0 radical (unpaired) electrons. The van der Waals surface area contributed by atoms with Gasteiger partial charge in [-0.3, -0.25) is 9.48 Å². The zero-order chi connectivity index (χ0) is 20.1. The molecular formula is C23H24N4O. The molecule has 0 bridgehead atoms. The minimum absolute atomic E-state index is 0.141. The molecule has 0 aliphatic carbocycles. The van der Waals surface area contributed by atoms with Gasteiger partial charge in [0, 0.05) is 12.7 Å². The van der Waals surface area contributed by atoms with Crippen molar-refractivity contribution in [2.24, 2.45) is 0 Å². The molecule has 142 valence electrons. The summed E-state index contributed by atoms with van der Waals surface area (Å²) in [5, 5.41) is 16.4. The summed E-state index contributed by atoms with van der Waals surface area (Å²) >= 11 is 0. The van der Waals surface area contributed by atoms with E-state index in [0.29, 0.717) is 18.7 Å². The molecule has 0 aliphatic rings. The molecular weight excluding hydrogens is 348 g/mol. The van der Waals surface area contributed by atoms with Gasteiger partial charge in [-0.15, -0.1) is 0 Å². The Morgan fingerprint density at radius 2 is 1.75 bits per heavy atom. The predicted octanol–water partition coefficient (Wildman–Crippen LogP) is 3.97. The Kier molecular flexibility index (Phi) is 5.60. The third-order valence-corrected chi connectivity index (χ3v) is 4.77. The highest BCUT2D eigenvalue weighted by Crippen LogP contribution is 2.22. The van der Waals surface area contributed by atoms with Gasteiger partial charge in [-0.05, 0) is 37.5 Å². The quantitative estimate of drug-likeness (QED) is 0.712. The molecule has 28 heavy (non-hydrogen) atoms. The van der Waals surface area contributed by atoms with Crippen LogP contribution in [-0.2, 0) is 18.5 Å². The Morgan fingerprint density at radius 3 is 2.39 bits per heavy atom. The van der Waals surface area contributed by atoms with Crippen molar-refractivity contribution in [2.75, 3.05) is 0 Å². The minimum atomic E-state index is -0.507. The van der Waals surface area contributed by atoms with Crippen LogP contribution in [0.15, 0.2) is 60.9 Å².